The third kappa shape index (κ3) is 3.41. The van der Waals surface area contributed by atoms with E-state index in [1.807, 2.05) is 26.0 Å². The molecular formula is C18H20N4O2S. The number of carbonyl (C=O) groups excluding carboxylic acids is 1. The van der Waals surface area contributed by atoms with Crippen molar-refractivity contribution >= 4 is 22.9 Å². The van der Waals surface area contributed by atoms with Crippen LogP contribution in [0.5, 0.6) is 0 Å². The first kappa shape index (κ1) is 17.2. The van der Waals surface area contributed by atoms with E-state index >= 15 is 0 Å². The van der Waals surface area contributed by atoms with Crippen LogP contribution < -0.4 is 11.0 Å². The number of aromatic amines is 1. The van der Waals surface area contributed by atoms with E-state index in [-0.39, 0.29) is 11.6 Å². The van der Waals surface area contributed by atoms with E-state index in [1.54, 1.807) is 18.3 Å². The Balaban J connectivity index is 1.94. The van der Waals surface area contributed by atoms with Crippen molar-refractivity contribution in [3.63, 3.8) is 0 Å². The molecule has 0 radical (unpaired) electrons. The van der Waals surface area contributed by atoms with Gasteiger partial charge < -0.3 is 10.3 Å². The highest BCUT2D eigenvalue weighted by Gasteiger charge is 2.17. The number of aryl methyl sites for hydroxylation is 3. The van der Waals surface area contributed by atoms with E-state index in [0.717, 1.165) is 29.2 Å². The number of anilines is 1. The molecule has 7 heteroatoms. The van der Waals surface area contributed by atoms with Gasteiger partial charge in [-0.2, -0.15) is 0 Å². The monoisotopic (exact) mass is 356 g/mol. The summed E-state index contributed by atoms with van der Waals surface area (Å²) in [5, 5.41) is 3.89. The second kappa shape index (κ2) is 7.06. The maximum absolute atomic E-state index is 12.7. The van der Waals surface area contributed by atoms with Crippen molar-refractivity contribution in [3.8, 4) is 5.69 Å². The van der Waals surface area contributed by atoms with Crippen molar-refractivity contribution in [3.05, 3.63) is 62.2 Å². The van der Waals surface area contributed by atoms with Crippen molar-refractivity contribution in [1.82, 2.24) is 14.5 Å². The van der Waals surface area contributed by atoms with Crippen LogP contribution in [0.3, 0.4) is 0 Å². The lowest BCUT2D eigenvalue weighted by molar-refractivity contribution is 0.103. The van der Waals surface area contributed by atoms with Gasteiger partial charge in [0.25, 0.3) is 5.91 Å². The predicted octanol–water partition coefficient (Wildman–Crippen LogP) is 3.44. The summed E-state index contributed by atoms with van der Waals surface area (Å²) in [5.74, 6) is -0.203. The Hall–Kier alpha value is -2.67. The molecule has 2 N–H and O–H groups in total. The highest BCUT2D eigenvalue weighted by atomic mass is 32.1. The summed E-state index contributed by atoms with van der Waals surface area (Å²) in [6.45, 7) is 5.77. The number of para-hydroxylation sites is 2. The Morgan fingerprint density at radius 1 is 1.32 bits per heavy atom. The Kier molecular flexibility index (Phi) is 4.85. The standard InChI is InChI=1S/C18H20N4O2S/c1-4-7-15-20-12(3)16(25-15)17(23)21-13-8-5-6-9-14(13)22-11(2)10-19-18(22)24/h5-6,8-10H,4,7H2,1-3H3,(H,19,24)(H,21,23). The van der Waals surface area contributed by atoms with Gasteiger partial charge in [-0.25, -0.2) is 9.78 Å². The number of carbonyl (C=O) groups is 1. The maximum atomic E-state index is 12.7. The fourth-order valence-electron chi connectivity index (χ4n) is 2.69. The topological polar surface area (TPSA) is 79.8 Å². The normalized spacial score (nSPS) is 10.8. The molecule has 0 aliphatic carbocycles. The second-order valence-corrected chi connectivity index (χ2v) is 6.90. The molecule has 0 saturated carbocycles. The molecule has 1 aromatic carbocycles. The summed E-state index contributed by atoms with van der Waals surface area (Å²) in [6.07, 6.45) is 3.51. The number of benzene rings is 1. The smallest absolute Gasteiger partial charge is 0.319 e. The fraction of sp³-hybridized carbons (Fsp3) is 0.278. The van der Waals surface area contributed by atoms with Crippen molar-refractivity contribution in [2.24, 2.45) is 0 Å². The van der Waals surface area contributed by atoms with Crippen LogP contribution >= 0.6 is 11.3 Å². The SMILES string of the molecule is CCCc1nc(C)c(C(=O)Nc2ccccc2-n2c(C)c[nH]c2=O)s1. The summed E-state index contributed by atoms with van der Waals surface area (Å²) in [4.78, 5) is 32.5. The van der Waals surface area contributed by atoms with Crippen molar-refractivity contribution in [2.45, 2.75) is 33.6 Å². The third-order valence-electron chi connectivity index (χ3n) is 3.86. The summed E-state index contributed by atoms with van der Waals surface area (Å²) in [7, 11) is 0. The lowest BCUT2D eigenvalue weighted by atomic mass is 10.2. The molecule has 0 saturated heterocycles. The third-order valence-corrected chi connectivity index (χ3v) is 5.08. The lowest BCUT2D eigenvalue weighted by Crippen LogP contribution is -2.19. The molecule has 0 unspecified atom stereocenters. The largest absolute Gasteiger partial charge is 0.330 e. The van der Waals surface area contributed by atoms with Gasteiger partial charge in [-0.1, -0.05) is 19.1 Å². The van der Waals surface area contributed by atoms with Gasteiger partial charge in [0.15, 0.2) is 0 Å². The van der Waals surface area contributed by atoms with E-state index < -0.39 is 0 Å². The number of H-pyrrole nitrogens is 1. The number of amides is 1. The van der Waals surface area contributed by atoms with Crippen LogP contribution in [0.1, 0.15) is 39.4 Å². The van der Waals surface area contributed by atoms with E-state index in [2.05, 4.69) is 22.2 Å². The number of rotatable bonds is 5. The highest BCUT2D eigenvalue weighted by Crippen LogP contribution is 2.24. The molecule has 130 valence electrons. The van der Waals surface area contributed by atoms with Crippen LogP contribution in [0, 0.1) is 13.8 Å². The average molecular weight is 356 g/mol. The molecule has 3 aromatic rings. The summed E-state index contributed by atoms with van der Waals surface area (Å²) in [5.41, 5.74) is 2.49. The zero-order chi connectivity index (χ0) is 18.0. The number of nitrogens with zero attached hydrogens (tertiary/aromatic N) is 2. The molecule has 0 aliphatic rings. The zero-order valence-corrected chi connectivity index (χ0v) is 15.2. The summed E-state index contributed by atoms with van der Waals surface area (Å²) < 4.78 is 1.54. The molecule has 6 nitrogen and oxygen atoms in total. The molecule has 1 amide bonds. The van der Waals surface area contributed by atoms with Crippen LogP contribution in [-0.4, -0.2) is 20.4 Å². The summed E-state index contributed by atoms with van der Waals surface area (Å²) >= 11 is 1.42. The molecule has 0 spiro atoms. The minimum absolute atomic E-state index is 0.203. The van der Waals surface area contributed by atoms with Gasteiger partial charge in [0.2, 0.25) is 0 Å². The molecule has 0 bridgehead atoms. The molecule has 0 fully saturated rings. The van der Waals surface area contributed by atoms with E-state index in [9.17, 15) is 9.59 Å². The lowest BCUT2D eigenvalue weighted by Gasteiger charge is -2.12. The highest BCUT2D eigenvalue weighted by molar-refractivity contribution is 7.13. The van der Waals surface area contributed by atoms with Gasteiger partial charge in [0, 0.05) is 11.9 Å². The summed E-state index contributed by atoms with van der Waals surface area (Å²) in [6, 6.07) is 7.25. The van der Waals surface area contributed by atoms with Crippen molar-refractivity contribution in [2.75, 3.05) is 5.32 Å². The number of imidazole rings is 1. The molecule has 2 aromatic heterocycles. The minimum Gasteiger partial charge on any atom is -0.319 e. The number of nitrogens with one attached hydrogen (secondary N) is 2. The molecule has 0 aliphatic heterocycles. The zero-order valence-electron chi connectivity index (χ0n) is 14.4. The number of thiazole rings is 1. The number of hydrogen-bond acceptors (Lipinski definition) is 4. The van der Waals surface area contributed by atoms with Crippen LogP contribution in [0.15, 0.2) is 35.3 Å². The van der Waals surface area contributed by atoms with Crippen LogP contribution in [0.25, 0.3) is 5.69 Å². The Labute approximate surface area is 149 Å². The Bertz CT molecular complexity index is 968. The van der Waals surface area contributed by atoms with Crippen LogP contribution in [0.2, 0.25) is 0 Å². The van der Waals surface area contributed by atoms with Gasteiger partial charge in [-0.3, -0.25) is 9.36 Å². The van der Waals surface area contributed by atoms with Crippen LogP contribution in [-0.2, 0) is 6.42 Å². The fourth-order valence-corrected chi connectivity index (χ4v) is 3.75. The van der Waals surface area contributed by atoms with Crippen molar-refractivity contribution in [1.29, 1.82) is 0 Å². The van der Waals surface area contributed by atoms with Gasteiger partial charge in [-0.15, -0.1) is 11.3 Å². The maximum Gasteiger partial charge on any atom is 0.330 e. The first-order valence-corrected chi connectivity index (χ1v) is 8.97. The molecule has 2 heterocycles. The first-order chi connectivity index (χ1) is 12.0. The van der Waals surface area contributed by atoms with Gasteiger partial charge in [0.1, 0.15) is 4.88 Å². The van der Waals surface area contributed by atoms with Crippen LogP contribution in [0.4, 0.5) is 5.69 Å². The van der Waals surface area contributed by atoms with Gasteiger partial charge in [-0.05, 0) is 38.8 Å². The predicted molar refractivity (Wildman–Crippen MR) is 99.9 cm³/mol. The molecular weight excluding hydrogens is 336 g/mol. The Morgan fingerprint density at radius 2 is 2.08 bits per heavy atom. The van der Waals surface area contributed by atoms with Gasteiger partial charge in [0.05, 0.1) is 22.1 Å². The second-order valence-electron chi connectivity index (χ2n) is 5.81. The van der Waals surface area contributed by atoms with Crippen molar-refractivity contribution < 1.29 is 4.79 Å². The van der Waals surface area contributed by atoms with Gasteiger partial charge >= 0.3 is 5.69 Å². The molecule has 25 heavy (non-hydrogen) atoms. The number of hydrogen-bond donors (Lipinski definition) is 2. The number of aromatic nitrogens is 3. The first-order valence-electron chi connectivity index (χ1n) is 8.15. The molecule has 0 atom stereocenters. The Morgan fingerprint density at radius 3 is 2.76 bits per heavy atom. The minimum atomic E-state index is -0.238. The molecule has 3 rings (SSSR count). The van der Waals surface area contributed by atoms with E-state index in [1.165, 1.54) is 15.9 Å². The quantitative estimate of drug-likeness (QED) is 0.735. The average Bonchev–Trinajstić information content (AvgIpc) is 3.11. The van der Waals surface area contributed by atoms with E-state index in [0.29, 0.717) is 16.3 Å². The van der Waals surface area contributed by atoms with E-state index in [4.69, 9.17) is 0 Å².